The second-order valence-corrected chi connectivity index (χ2v) is 6.43. The maximum Gasteiger partial charge on any atom is 0.263 e. The number of benzene rings is 2. The number of amides is 1. The van der Waals surface area contributed by atoms with Gasteiger partial charge in [-0.1, -0.05) is 22.0 Å². The third kappa shape index (κ3) is 4.32. The van der Waals surface area contributed by atoms with E-state index in [0.717, 1.165) is 16.6 Å². The van der Waals surface area contributed by atoms with Crippen molar-refractivity contribution in [2.45, 2.75) is 26.0 Å². The predicted molar refractivity (Wildman–Crippen MR) is 91.8 cm³/mol. The molecule has 0 radical (unpaired) electrons. The number of rotatable bonds is 5. The molecule has 0 aromatic heterocycles. The van der Waals surface area contributed by atoms with Crippen molar-refractivity contribution in [2.24, 2.45) is 0 Å². The van der Waals surface area contributed by atoms with Gasteiger partial charge in [-0.25, -0.2) is 8.78 Å². The van der Waals surface area contributed by atoms with Crippen molar-refractivity contribution in [2.75, 3.05) is 7.05 Å². The molecule has 0 fully saturated rings. The summed E-state index contributed by atoms with van der Waals surface area (Å²) in [5, 5.41) is 0. The molecule has 2 aromatic rings. The Bertz CT molecular complexity index is 721. The van der Waals surface area contributed by atoms with E-state index < -0.39 is 23.8 Å². The molecule has 2 atom stereocenters. The van der Waals surface area contributed by atoms with Crippen molar-refractivity contribution >= 4 is 21.8 Å². The smallest absolute Gasteiger partial charge is 0.263 e. The van der Waals surface area contributed by atoms with Crippen molar-refractivity contribution in [1.29, 1.82) is 0 Å². The minimum absolute atomic E-state index is 0.254. The molecular weight excluding hydrogens is 380 g/mol. The molecule has 24 heavy (non-hydrogen) atoms. The average Bonchev–Trinajstić information content (AvgIpc) is 2.57. The van der Waals surface area contributed by atoms with Crippen LogP contribution >= 0.6 is 15.9 Å². The summed E-state index contributed by atoms with van der Waals surface area (Å²) in [5.74, 6) is -1.52. The number of hydrogen-bond acceptors (Lipinski definition) is 2. The number of hydrogen-bond donors (Lipinski definition) is 0. The third-order valence-corrected chi connectivity index (χ3v) is 4.36. The van der Waals surface area contributed by atoms with Gasteiger partial charge in [0.05, 0.1) is 6.04 Å². The van der Waals surface area contributed by atoms with Gasteiger partial charge in [-0.05, 0) is 55.8 Å². The highest BCUT2D eigenvalue weighted by Crippen LogP contribution is 2.23. The van der Waals surface area contributed by atoms with Crippen LogP contribution in [0.4, 0.5) is 8.78 Å². The molecule has 0 spiro atoms. The highest BCUT2D eigenvalue weighted by molar-refractivity contribution is 9.10. The molecule has 0 N–H and O–H groups in total. The molecule has 0 aliphatic carbocycles. The summed E-state index contributed by atoms with van der Waals surface area (Å²) in [4.78, 5) is 14.0. The Morgan fingerprint density at radius 3 is 2.29 bits per heavy atom. The Morgan fingerprint density at radius 1 is 1.08 bits per heavy atom. The lowest BCUT2D eigenvalue weighted by Crippen LogP contribution is -2.39. The van der Waals surface area contributed by atoms with Gasteiger partial charge < -0.3 is 9.64 Å². The van der Waals surface area contributed by atoms with Crippen LogP contribution in [0.1, 0.15) is 25.5 Å². The molecule has 0 bridgehead atoms. The van der Waals surface area contributed by atoms with Crippen LogP contribution in [0.15, 0.2) is 46.9 Å². The summed E-state index contributed by atoms with van der Waals surface area (Å²) in [6.45, 7) is 3.40. The molecule has 2 aromatic carbocycles. The van der Waals surface area contributed by atoms with E-state index >= 15 is 0 Å². The maximum absolute atomic E-state index is 13.4. The standard InChI is InChI=1S/C18H18BrF2NO2/c1-11(13-4-9-16(20)17(21)10-13)22(3)18(23)12(2)24-15-7-5-14(19)6-8-15/h4-12H,1-3H3. The lowest BCUT2D eigenvalue weighted by atomic mass is 10.1. The second kappa shape index (κ2) is 7.75. The Labute approximate surface area is 148 Å². The first-order chi connectivity index (χ1) is 11.3. The number of likely N-dealkylation sites (N-methyl/N-ethyl adjacent to an activating group) is 1. The van der Waals surface area contributed by atoms with Gasteiger partial charge in [0, 0.05) is 11.5 Å². The Kier molecular flexibility index (Phi) is 5.94. The topological polar surface area (TPSA) is 29.5 Å². The minimum atomic E-state index is -0.931. The van der Waals surface area contributed by atoms with E-state index in [1.165, 1.54) is 11.0 Å². The van der Waals surface area contributed by atoms with Crippen molar-refractivity contribution in [3.8, 4) is 5.75 Å². The van der Waals surface area contributed by atoms with Gasteiger partial charge in [0.15, 0.2) is 17.7 Å². The normalized spacial score (nSPS) is 13.2. The van der Waals surface area contributed by atoms with Gasteiger partial charge in [0.25, 0.3) is 5.91 Å². The summed E-state index contributed by atoms with van der Waals surface area (Å²) in [7, 11) is 1.61. The Hall–Kier alpha value is -1.95. The highest BCUT2D eigenvalue weighted by Gasteiger charge is 2.24. The zero-order valence-corrected chi connectivity index (χ0v) is 15.2. The molecule has 128 valence electrons. The zero-order valence-electron chi connectivity index (χ0n) is 13.6. The summed E-state index contributed by atoms with van der Waals surface area (Å²) in [6, 6.07) is 10.4. The van der Waals surface area contributed by atoms with Gasteiger partial charge in [0.1, 0.15) is 5.75 Å². The first kappa shape index (κ1) is 18.4. The zero-order chi connectivity index (χ0) is 17.9. The average molecular weight is 398 g/mol. The molecule has 0 aliphatic heterocycles. The quantitative estimate of drug-likeness (QED) is 0.730. The number of nitrogens with zero attached hydrogens (tertiary/aromatic N) is 1. The van der Waals surface area contributed by atoms with E-state index in [4.69, 9.17) is 4.74 Å². The predicted octanol–water partition coefficient (Wildman–Crippen LogP) is 4.71. The molecule has 0 saturated carbocycles. The molecule has 2 unspecified atom stereocenters. The molecule has 0 saturated heterocycles. The van der Waals surface area contributed by atoms with Crippen molar-refractivity contribution in [3.05, 3.63) is 64.1 Å². The monoisotopic (exact) mass is 397 g/mol. The van der Waals surface area contributed by atoms with Crippen LogP contribution in [0.5, 0.6) is 5.75 Å². The van der Waals surface area contributed by atoms with Gasteiger partial charge in [-0.2, -0.15) is 0 Å². The number of carbonyl (C=O) groups is 1. The molecule has 0 aliphatic rings. The van der Waals surface area contributed by atoms with Crippen molar-refractivity contribution in [1.82, 2.24) is 4.90 Å². The first-order valence-corrected chi connectivity index (χ1v) is 8.22. The largest absolute Gasteiger partial charge is 0.481 e. The molecule has 1 amide bonds. The molecule has 0 heterocycles. The first-order valence-electron chi connectivity index (χ1n) is 7.43. The van der Waals surface area contributed by atoms with Gasteiger partial charge >= 0.3 is 0 Å². The Morgan fingerprint density at radius 2 is 1.71 bits per heavy atom. The van der Waals surface area contributed by atoms with Crippen LogP contribution in [0.25, 0.3) is 0 Å². The number of ether oxygens (including phenoxy) is 1. The fourth-order valence-electron chi connectivity index (χ4n) is 2.24. The van der Waals surface area contributed by atoms with E-state index in [9.17, 15) is 13.6 Å². The summed E-state index contributed by atoms with van der Waals surface area (Å²) < 4.78 is 33.0. The Balaban J connectivity index is 2.06. The SMILES string of the molecule is CC(Oc1ccc(Br)cc1)C(=O)N(C)C(C)c1ccc(F)c(F)c1. The van der Waals surface area contributed by atoms with E-state index in [1.54, 1.807) is 33.0 Å². The highest BCUT2D eigenvalue weighted by atomic mass is 79.9. The minimum Gasteiger partial charge on any atom is -0.481 e. The van der Waals surface area contributed by atoms with Crippen LogP contribution in [-0.4, -0.2) is 24.0 Å². The summed E-state index contributed by atoms with van der Waals surface area (Å²) in [6.07, 6.45) is -0.705. The van der Waals surface area contributed by atoms with Crippen LogP contribution in [0.2, 0.25) is 0 Å². The van der Waals surface area contributed by atoms with Gasteiger partial charge in [0.2, 0.25) is 0 Å². The van der Waals surface area contributed by atoms with Crippen LogP contribution in [0.3, 0.4) is 0 Å². The molecule has 3 nitrogen and oxygen atoms in total. The fraction of sp³-hybridized carbons (Fsp3) is 0.278. The van der Waals surface area contributed by atoms with E-state index in [0.29, 0.717) is 11.3 Å². The molecular formula is C18H18BrF2NO2. The van der Waals surface area contributed by atoms with Crippen LogP contribution in [0, 0.1) is 11.6 Å². The fourth-order valence-corrected chi connectivity index (χ4v) is 2.51. The lowest BCUT2D eigenvalue weighted by Gasteiger charge is -2.28. The lowest BCUT2D eigenvalue weighted by molar-refractivity contribution is -0.138. The summed E-state index contributed by atoms with van der Waals surface area (Å²) in [5.41, 5.74) is 0.514. The van der Waals surface area contributed by atoms with E-state index in [-0.39, 0.29) is 5.91 Å². The third-order valence-electron chi connectivity index (χ3n) is 3.83. The van der Waals surface area contributed by atoms with Crippen molar-refractivity contribution < 1.29 is 18.3 Å². The maximum atomic E-state index is 13.4. The van der Waals surface area contributed by atoms with Crippen LogP contribution < -0.4 is 4.74 Å². The van der Waals surface area contributed by atoms with Gasteiger partial charge in [-0.15, -0.1) is 0 Å². The van der Waals surface area contributed by atoms with Crippen LogP contribution in [-0.2, 0) is 4.79 Å². The van der Waals surface area contributed by atoms with Gasteiger partial charge in [-0.3, -0.25) is 4.79 Å². The van der Waals surface area contributed by atoms with E-state index in [1.807, 2.05) is 12.1 Å². The molecule has 6 heteroatoms. The number of halogens is 3. The second-order valence-electron chi connectivity index (χ2n) is 5.51. The molecule has 2 rings (SSSR count). The van der Waals surface area contributed by atoms with E-state index in [2.05, 4.69) is 15.9 Å². The summed E-state index contributed by atoms with van der Waals surface area (Å²) >= 11 is 3.33. The van der Waals surface area contributed by atoms with Crippen molar-refractivity contribution in [3.63, 3.8) is 0 Å². The number of carbonyl (C=O) groups excluding carboxylic acids is 1.